The minimum Gasteiger partial charge on any atom is -0.453 e. The lowest BCUT2D eigenvalue weighted by Crippen LogP contribution is -2.40. The minimum absolute atomic E-state index is 0.0201. The Bertz CT molecular complexity index is 1690. The predicted molar refractivity (Wildman–Crippen MR) is 166 cm³/mol. The van der Waals surface area contributed by atoms with Gasteiger partial charge >= 0.3 is 6.09 Å². The Hall–Kier alpha value is -4.57. The third-order valence-electron chi connectivity index (χ3n) is 8.54. The van der Waals surface area contributed by atoms with Crippen molar-refractivity contribution in [1.82, 2.24) is 35.4 Å². The highest BCUT2D eigenvalue weighted by atomic mass is 32.1. The molecule has 0 atom stereocenters. The van der Waals surface area contributed by atoms with Gasteiger partial charge in [-0.05, 0) is 75.6 Å². The molecule has 0 spiro atoms. The molecule has 13 heteroatoms. The zero-order valence-corrected chi connectivity index (χ0v) is 25.6. The maximum Gasteiger partial charge on any atom is 0.407 e. The molecule has 4 heterocycles. The fourth-order valence-corrected chi connectivity index (χ4v) is 7.28. The molecule has 4 aromatic rings. The number of methoxy groups -OCH3 is 1. The number of rotatable bonds is 7. The average Bonchev–Trinajstić information content (AvgIpc) is 3.69. The first kappa shape index (κ1) is 29.5. The minimum atomic E-state index is -0.395. The van der Waals surface area contributed by atoms with E-state index in [1.54, 1.807) is 35.0 Å². The Kier molecular flexibility index (Phi) is 8.70. The van der Waals surface area contributed by atoms with Crippen LogP contribution in [0, 0.1) is 11.3 Å². The summed E-state index contributed by atoms with van der Waals surface area (Å²) >= 11 is 1.60. The second-order valence-corrected chi connectivity index (χ2v) is 12.6. The van der Waals surface area contributed by atoms with Crippen molar-refractivity contribution in [2.24, 2.45) is 0 Å². The Morgan fingerprint density at radius 3 is 2.43 bits per heavy atom. The van der Waals surface area contributed by atoms with Crippen LogP contribution in [0.1, 0.15) is 74.8 Å². The lowest BCUT2D eigenvalue weighted by Gasteiger charge is -2.30. The van der Waals surface area contributed by atoms with E-state index in [-0.39, 0.29) is 24.0 Å². The number of fused-ring (bicyclic) bond motifs is 1. The Morgan fingerprint density at radius 1 is 0.977 bits per heavy atom. The summed E-state index contributed by atoms with van der Waals surface area (Å²) in [7, 11) is 1.38. The molecule has 2 aliphatic rings. The number of carbonyl (C=O) groups is 2. The summed E-state index contributed by atoms with van der Waals surface area (Å²) in [5.74, 6) is 0.343. The highest BCUT2D eigenvalue weighted by Gasteiger charge is 2.27. The number of pyridine rings is 1. The summed E-state index contributed by atoms with van der Waals surface area (Å²) in [6.45, 7) is 1.57. The quantitative estimate of drug-likeness (QED) is 0.260. The van der Waals surface area contributed by atoms with Crippen LogP contribution >= 0.6 is 11.3 Å². The number of nitrogens with zero attached hydrogens (tertiary/aromatic N) is 6. The first-order valence-corrected chi connectivity index (χ1v) is 15.8. The van der Waals surface area contributed by atoms with Crippen molar-refractivity contribution in [2.45, 2.75) is 82.3 Å². The van der Waals surface area contributed by atoms with Crippen molar-refractivity contribution in [3.63, 3.8) is 0 Å². The predicted octanol–water partition coefficient (Wildman–Crippen LogP) is 5.03. The van der Waals surface area contributed by atoms with Crippen molar-refractivity contribution in [1.29, 1.82) is 5.26 Å². The van der Waals surface area contributed by atoms with Crippen LogP contribution in [-0.4, -0.2) is 62.0 Å². The number of alkyl carbamates (subject to hydrolysis) is 1. The van der Waals surface area contributed by atoms with Crippen LogP contribution in [0.2, 0.25) is 0 Å². The molecule has 0 aromatic carbocycles. The lowest BCUT2D eigenvalue weighted by atomic mass is 9.86. The molecule has 0 aliphatic heterocycles. The molecular weight excluding hydrogens is 578 g/mol. The molecule has 0 bridgehead atoms. The molecular formula is C31H35N9O3S. The van der Waals surface area contributed by atoms with Gasteiger partial charge in [0, 0.05) is 42.9 Å². The van der Waals surface area contributed by atoms with Gasteiger partial charge in [-0.1, -0.05) is 11.3 Å². The van der Waals surface area contributed by atoms with Gasteiger partial charge in [0.25, 0.3) is 0 Å². The number of hydrogen-bond donors (Lipinski definition) is 3. The van der Waals surface area contributed by atoms with Gasteiger partial charge in [-0.2, -0.15) is 10.4 Å². The Morgan fingerprint density at radius 2 is 1.70 bits per heavy atom. The molecule has 2 saturated carbocycles. The number of aromatic nitrogens is 5. The summed E-state index contributed by atoms with van der Waals surface area (Å²) in [5.41, 5.74) is 4.69. The van der Waals surface area contributed by atoms with Gasteiger partial charge in [0.1, 0.15) is 11.1 Å². The molecule has 4 aromatic heterocycles. The zero-order chi connectivity index (χ0) is 30.6. The van der Waals surface area contributed by atoms with Crippen LogP contribution in [0.15, 0.2) is 36.7 Å². The van der Waals surface area contributed by atoms with Crippen LogP contribution in [0.25, 0.3) is 27.5 Å². The van der Waals surface area contributed by atoms with E-state index in [2.05, 4.69) is 37.3 Å². The third kappa shape index (κ3) is 6.50. The van der Waals surface area contributed by atoms with Gasteiger partial charge in [0.2, 0.25) is 5.91 Å². The molecule has 2 fully saturated rings. The largest absolute Gasteiger partial charge is 0.453 e. The third-order valence-corrected chi connectivity index (χ3v) is 9.66. The second-order valence-electron chi connectivity index (χ2n) is 11.5. The molecule has 0 saturated heterocycles. The standard InChI is InChI=1S/C31H35N9O3S/c1-18(41)35-21-5-3-20(4-6-21)29-38-39-30(44-29)25-17-33-27(28-12-11-24-13-19(15-32)16-34-40(24)28)14-26(25)36-22-7-9-23(10-8-22)37-31(42)43-2/h11-14,16-17,20-23H,3-10H2,1-2H3,(H,33,36)(H,35,41)(H,37,42). The van der Waals surface area contributed by atoms with E-state index in [0.717, 1.165) is 89.5 Å². The zero-order valence-electron chi connectivity index (χ0n) is 24.7. The Balaban J connectivity index is 1.26. The maximum absolute atomic E-state index is 11.7. The molecule has 6 rings (SSSR count). The van der Waals surface area contributed by atoms with E-state index in [1.807, 2.05) is 24.4 Å². The number of carbonyl (C=O) groups excluding carboxylic acids is 2. The molecule has 0 radical (unpaired) electrons. The molecule has 3 N–H and O–H groups in total. The molecule has 0 unspecified atom stereocenters. The fourth-order valence-electron chi connectivity index (χ4n) is 6.25. The number of nitrogens with one attached hydrogen (secondary N) is 3. The summed E-state index contributed by atoms with van der Waals surface area (Å²) in [6.07, 6.45) is 10.3. The van der Waals surface area contributed by atoms with Gasteiger partial charge in [-0.25, -0.2) is 9.31 Å². The van der Waals surface area contributed by atoms with Crippen LogP contribution in [-0.2, 0) is 9.53 Å². The summed E-state index contributed by atoms with van der Waals surface area (Å²) < 4.78 is 6.56. The van der Waals surface area contributed by atoms with Crippen molar-refractivity contribution in [3.8, 4) is 28.0 Å². The maximum atomic E-state index is 11.7. The fraction of sp³-hybridized carbons (Fsp3) is 0.452. The number of nitriles is 1. The second kappa shape index (κ2) is 13.0. The van der Waals surface area contributed by atoms with E-state index in [1.165, 1.54) is 7.11 Å². The molecule has 44 heavy (non-hydrogen) atoms. The van der Waals surface area contributed by atoms with Gasteiger partial charge in [0.15, 0.2) is 5.01 Å². The van der Waals surface area contributed by atoms with Gasteiger partial charge in [0.05, 0.1) is 41.3 Å². The van der Waals surface area contributed by atoms with Crippen LogP contribution < -0.4 is 16.0 Å². The number of amides is 2. The van der Waals surface area contributed by atoms with Crippen molar-refractivity contribution < 1.29 is 14.3 Å². The highest BCUT2D eigenvalue weighted by Crippen LogP contribution is 2.39. The normalized spacial score (nSPS) is 21.8. The number of ether oxygens (including phenoxy) is 1. The topological polar surface area (TPSA) is 159 Å². The molecule has 2 amide bonds. The van der Waals surface area contributed by atoms with Gasteiger partial charge in [-0.3, -0.25) is 9.78 Å². The van der Waals surface area contributed by atoms with Crippen LogP contribution in [0.5, 0.6) is 0 Å². The summed E-state index contributed by atoms with van der Waals surface area (Å²) in [6, 6.07) is 10.4. The van der Waals surface area contributed by atoms with Gasteiger partial charge < -0.3 is 20.7 Å². The Labute approximate surface area is 259 Å². The summed E-state index contributed by atoms with van der Waals surface area (Å²) in [5, 5.41) is 34.5. The number of hydrogen-bond acceptors (Lipinski definition) is 10. The van der Waals surface area contributed by atoms with E-state index < -0.39 is 6.09 Å². The van der Waals surface area contributed by atoms with E-state index in [4.69, 9.17) is 9.72 Å². The van der Waals surface area contributed by atoms with Gasteiger partial charge in [-0.15, -0.1) is 10.2 Å². The van der Waals surface area contributed by atoms with E-state index >= 15 is 0 Å². The van der Waals surface area contributed by atoms with Crippen molar-refractivity contribution in [2.75, 3.05) is 12.4 Å². The summed E-state index contributed by atoms with van der Waals surface area (Å²) in [4.78, 5) is 28.0. The first-order valence-electron chi connectivity index (χ1n) is 15.0. The molecule has 2 aliphatic carbocycles. The monoisotopic (exact) mass is 613 g/mol. The first-order chi connectivity index (χ1) is 21.4. The van der Waals surface area contributed by atoms with Crippen molar-refractivity contribution >= 4 is 34.5 Å². The van der Waals surface area contributed by atoms with E-state index in [9.17, 15) is 14.9 Å². The average molecular weight is 614 g/mol. The molecule has 228 valence electrons. The smallest absolute Gasteiger partial charge is 0.407 e. The number of anilines is 1. The lowest BCUT2D eigenvalue weighted by molar-refractivity contribution is -0.119. The van der Waals surface area contributed by atoms with Crippen LogP contribution in [0.3, 0.4) is 0 Å². The van der Waals surface area contributed by atoms with Crippen molar-refractivity contribution in [3.05, 3.63) is 47.2 Å². The van der Waals surface area contributed by atoms with E-state index in [0.29, 0.717) is 11.5 Å². The molecule has 12 nitrogen and oxygen atoms in total. The SMILES string of the molecule is COC(=O)NC1CCC(Nc2cc(-c3ccc4cc(C#N)cnn34)ncc2-c2nnc(C3CCC(NC(C)=O)CC3)s2)CC1. The highest BCUT2D eigenvalue weighted by molar-refractivity contribution is 7.14. The van der Waals surface area contributed by atoms with Crippen LogP contribution in [0.4, 0.5) is 10.5 Å².